The number of hydrogen-bond donors (Lipinski definition) is 2. The van der Waals surface area contributed by atoms with Crippen LogP contribution in [0.4, 0.5) is 0 Å². The Bertz CT molecular complexity index is 1040. The van der Waals surface area contributed by atoms with E-state index in [1.165, 1.54) is 0 Å². The lowest BCUT2D eigenvalue weighted by Gasteiger charge is -2.23. The number of esters is 2. The maximum atomic E-state index is 13.4. The Morgan fingerprint density at radius 1 is 0.568 bits per heavy atom. The number of carbonyl (C=O) groups is 2. The fraction of sp³-hybridized carbons (Fsp3) is 0.632. The standard InChI is InChI=1S/C38H58O6/c1-8-13-18-28-22-32(23-29(35(28)39)19-14-9-2)26(6)37(41)43-34(17-12-5)44-38(42)27(7)33-24-30(20-15-10-3)36(40)31(25-33)21-16-11-4/h22-27,34,39-40H,8-21H2,1-7H3. The fourth-order valence-corrected chi connectivity index (χ4v) is 5.42. The molecule has 0 aliphatic heterocycles. The quantitative estimate of drug-likeness (QED) is 0.115. The van der Waals surface area contributed by atoms with E-state index in [2.05, 4.69) is 27.7 Å². The maximum absolute atomic E-state index is 13.4. The van der Waals surface area contributed by atoms with Crippen molar-refractivity contribution in [2.24, 2.45) is 0 Å². The van der Waals surface area contributed by atoms with Crippen molar-refractivity contribution in [3.8, 4) is 11.5 Å². The number of phenols is 2. The summed E-state index contributed by atoms with van der Waals surface area (Å²) in [5.41, 5.74) is 5.08. The van der Waals surface area contributed by atoms with Crippen LogP contribution in [-0.4, -0.2) is 28.4 Å². The van der Waals surface area contributed by atoms with Gasteiger partial charge < -0.3 is 19.7 Å². The van der Waals surface area contributed by atoms with Gasteiger partial charge in [-0.2, -0.15) is 0 Å². The van der Waals surface area contributed by atoms with Gasteiger partial charge in [0, 0.05) is 6.42 Å². The van der Waals surface area contributed by atoms with Gasteiger partial charge in [0.2, 0.25) is 6.29 Å². The van der Waals surface area contributed by atoms with E-state index in [1.807, 2.05) is 45.0 Å². The summed E-state index contributed by atoms with van der Waals surface area (Å²) in [6, 6.07) is 7.69. The van der Waals surface area contributed by atoms with Crippen LogP contribution in [0.3, 0.4) is 0 Å². The summed E-state index contributed by atoms with van der Waals surface area (Å²) in [5.74, 6) is -1.38. The maximum Gasteiger partial charge on any atom is 0.316 e. The molecule has 0 aliphatic rings. The smallest absolute Gasteiger partial charge is 0.316 e. The van der Waals surface area contributed by atoms with Gasteiger partial charge >= 0.3 is 11.9 Å². The van der Waals surface area contributed by atoms with Crippen LogP contribution >= 0.6 is 0 Å². The molecule has 0 aliphatic carbocycles. The molecule has 2 unspecified atom stereocenters. The Morgan fingerprint density at radius 2 is 0.864 bits per heavy atom. The largest absolute Gasteiger partial charge is 0.507 e. The molecule has 2 rings (SSSR count). The van der Waals surface area contributed by atoms with Crippen molar-refractivity contribution in [2.75, 3.05) is 0 Å². The van der Waals surface area contributed by atoms with Gasteiger partial charge in [-0.3, -0.25) is 9.59 Å². The molecule has 2 atom stereocenters. The van der Waals surface area contributed by atoms with E-state index in [0.717, 1.165) is 110 Å². The summed E-state index contributed by atoms with van der Waals surface area (Å²) in [6.45, 7) is 14.0. The molecule has 0 heterocycles. The normalized spacial score (nSPS) is 13.3. The Kier molecular flexibility index (Phi) is 16.4. The molecule has 0 radical (unpaired) electrons. The molecule has 44 heavy (non-hydrogen) atoms. The van der Waals surface area contributed by atoms with Crippen molar-refractivity contribution >= 4 is 11.9 Å². The molecule has 246 valence electrons. The van der Waals surface area contributed by atoms with Crippen LogP contribution < -0.4 is 0 Å². The molecule has 2 N–H and O–H groups in total. The second kappa shape index (κ2) is 19.4. The molecule has 0 saturated carbocycles. The van der Waals surface area contributed by atoms with Crippen molar-refractivity contribution in [3.05, 3.63) is 57.6 Å². The van der Waals surface area contributed by atoms with Gasteiger partial charge in [-0.15, -0.1) is 0 Å². The first-order valence-electron chi connectivity index (χ1n) is 17.2. The minimum absolute atomic E-state index is 0.341. The lowest BCUT2D eigenvalue weighted by molar-refractivity contribution is -0.190. The number of phenolic OH excluding ortho intramolecular Hbond substituents is 2. The molecule has 2 aromatic carbocycles. The number of unbranched alkanes of at least 4 members (excludes halogenated alkanes) is 4. The molecule has 0 bridgehead atoms. The minimum atomic E-state index is -0.989. The highest BCUT2D eigenvalue weighted by Gasteiger charge is 2.28. The number of aryl methyl sites for hydroxylation is 4. The molecule has 0 aromatic heterocycles. The van der Waals surface area contributed by atoms with Gasteiger partial charge in [0.25, 0.3) is 0 Å². The second-order valence-corrected chi connectivity index (χ2v) is 12.3. The average molecular weight is 611 g/mol. The number of ether oxygens (including phenoxy) is 2. The molecular weight excluding hydrogens is 552 g/mol. The van der Waals surface area contributed by atoms with E-state index in [0.29, 0.717) is 24.3 Å². The average Bonchev–Trinajstić information content (AvgIpc) is 3.01. The zero-order chi connectivity index (χ0) is 32.6. The number of aromatic hydroxyl groups is 2. The van der Waals surface area contributed by atoms with Crippen LogP contribution in [0.25, 0.3) is 0 Å². The number of benzene rings is 2. The van der Waals surface area contributed by atoms with Crippen LogP contribution in [-0.2, 0) is 44.7 Å². The van der Waals surface area contributed by atoms with Crippen molar-refractivity contribution in [1.29, 1.82) is 0 Å². The van der Waals surface area contributed by atoms with Gasteiger partial charge in [-0.25, -0.2) is 0 Å². The third kappa shape index (κ3) is 10.9. The molecule has 0 amide bonds. The van der Waals surface area contributed by atoms with Crippen LogP contribution in [0.5, 0.6) is 11.5 Å². The van der Waals surface area contributed by atoms with Crippen LogP contribution in [0.15, 0.2) is 24.3 Å². The van der Waals surface area contributed by atoms with Gasteiger partial charge in [0.15, 0.2) is 0 Å². The summed E-state index contributed by atoms with van der Waals surface area (Å²) >= 11 is 0. The van der Waals surface area contributed by atoms with Crippen molar-refractivity contribution in [2.45, 2.75) is 156 Å². The van der Waals surface area contributed by atoms with Crippen LogP contribution in [0.2, 0.25) is 0 Å². The fourth-order valence-electron chi connectivity index (χ4n) is 5.42. The van der Waals surface area contributed by atoms with Crippen molar-refractivity contribution in [1.82, 2.24) is 0 Å². The first kappa shape index (κ1) is 37.2. The number of rotatable bonds is 20. The Hall–Kier alpha value is -3.02. The first-order valence-corrected chi connectivity index (χ1v) is 17.2. The third-order valence-corrected chi connectivity index (χ3v) is 8.51. The number of hydrogen-bond acceptors (Lipinski definition) is 6. The van der Waals surface area contributed by atoms with Gasteiger partial charge in [-0.1, -0.05) is 84.6 Å². The Morgan fingerprint density at radius 3 is 1.11 bits per heavy atom. The highest BCUT2D eigenvalue weighted by atomic mass is 16.7. The second-order valence-electron chi connectivity index (χ2n) is 12.3. The predicted molar refractivity (Wildman–Crippen MR) is 178 cm³/mol. The zero-order valence-corrected chi connectivity index (χ0v) is 28.5. The zero-order valence-electron chi connectivity index (χ0n) is 28.5. The SMILES string of the molecule is CCCCc1cc(C(C)C(=O)OC(CCC)OC(=O)C(C)c2cc(CCCC)c(O)c(CCCC)c2)cc(CCCC)c1O. The van der Waals surface area contributed by atoms with E-state index in [4.69, 9.17) is 9.47 Å². The molecule has 6 heteroatoms. The van der Waals surface area contributed by atoms with E-state index in [-0.39, 0.29) is 0 Å². The highest BCUT2D eigenvalue weighted by Crippen LogP contribution is 2.33. The van der Waals surface area contributed by atoms with Gasteiger partial charge in [0.1, 0.15) is 11.5 Å². The minimum Gasteiger partial charge on any atom is -0.507 e. The van der Waals surface area contributed by atoms with Crippen molar-refractivity contribution in [3.63, 3.8) is 0 Å². The third-order valence-electron chi connectivity index (χ3n) is 8.51. The summed E-state index contributed by atoms with van der Waals surface area (Å²) < 4.78 is 11.6. The van der Waals surface area contributed by atoms with E-state index in [9.17, 15) is 19.8 Å². The van der Waals surface area contributed by atoms with Crippen LogP contribution in [0.1, 0.15) is 158 Å². The molecule has 0 fully saturated rings. The lowest BCUT2D eigenvalue weighted by Crippen LogP contribution is -2.28. The van der Waals surface area contributed by atoms with E-state index < -0.39 is 30.1 Å². The first-order chi connectivity index (χ1) is 21.1. The topological polar surface area (TPSA) is 93.1 Å². The summed E-state index contributed by atoms with van der Waals surface area (Å²) in [4.78, 5) is 26.8. The summed E-state index contributed by atoms with van der Waals surface area (Å²) in [7, 11) is 0. The molecule has 0 saturated heterocycles. The summed E-state index contributed by atoms with van der Waals surface area (Å²) in [5, 5.41) is 21.8. The van der Waals surface area contributed by atoms with E-state index in [1.54, 1.807) is 0 Å². The monoisotopic (exact) mass is 610 g/mol. The van der Waals surface area contributed by atoms with Crippen molar-refractivity contribution < 1.29 is 29.3 Å². The van der Waals surface area contributed by atoms with E-state index >= 15 is 0 Å². The Labute approximate surface area is 266 Å². The summed E-state index contributed by atoms with van der Waals surface area (Å²) in [6.07, 6.45) is 11.0. The highest BCUT2D eigenvalue weighted by molar-refractivity contribution is 5.80. The molecule has 6 nitrogen and oxygen atoms in total. The Balaban J connectivity index is 2.25. The van der Waals surface area contributed by atoms with Crippen LogP contribution in [0, 0.1) is 0 Å². The number of carbonyl (C=O) groups excluding carboxylic acids is 2. The predicted octanol–water partition coefficient (Wildman–Crippen LogP) is 9.59. The van der Waals surface area contributed by atoms with Gasteiger partial charge in [0.05, 0.1) is 11.8 Å². The lowest BCUT2D eigenvalue weighted by atomic mass is 9.91. The molecular formula is C38H58O6. The van der Waals surface area contributed by atoms with Gasteiger partial charge in [-0.05, 0) is 105 Å². The molecule has 2 aromatic rings. The molecule has 0 spiro atoms.